The molecule has 0 unspecified atom stereocenters. The number of aliphatic hydroxyl groups excluding tert-OH is 1. The van der Waals surface area contributed by atoms with Crippen molar-refractivity contribution in [1.29, 1.82) is 0 Å². The van der Waals surface area contributed by atoms with Crippen LogP contribution >= 0.6 is 23.2 Å². The van der Waals surface area contributed by atoms with Crippen LogP contribution in [0.3, 0.4) is 0 Å². The van der Waals surface area contributed by atoms with Crippen LogP contribution in [0.1, 0.15) is 35.2 Å². The van der Waals surface area contributed by atoms with Crippen LogP contribution in [0, 0.1) is 0 Å². The Kier molecular flexibility index (Phi) is 8.04. The summed E-state index contributed by atoms with van der Waals surface area (Å²) in [5.74, 6) is -0.437. The summed E-state index contributed by atoms with van der Waals surface area (Å²) in [5, 5.41) is 16.3. The Labute approximate surface area is 184 Å². The van der Waals surface area contributed by atoms with Gasteiger partial charge in [0.15, 0.2) is 0 Å². The number of benzene rings is 1. The van der Waals surface area contributed by atoms with Gasteiger partial charge in [0.1, 0.15) is 6.10 Å². The molecule has 3 N–H and O–H groups in total. The number of amides is 2. The maximum Gasteiger partial charge on any atom is 0.253 e. The molecule has 1 saturated heterocycles. The third-order valence-electron chi connectivity index (χ3n) is 4.92. The van der Waals surface area contributed by atoms with E-state index in [-0.39, 0.29) is 37.0 Å². The predicted molar refractivity (Wildman–Crippen MR) is 113 cm³/mol. The summed E-state index contributed by atoms with van der Waals surface area (Å²) in [5.41, 5.74) is 1.28. The van der Waals surface area contributed by atoms with Gasteiger partial charge >= 0.3 is 0 Å². The van der Waals surface area contributed by atoms with Crippen molar-refractivity contribution in [2.45, 2.75) is 44.1 Å². The number of aliphatic hydroxyl groups is 1. The first-order valence-corrected chi connectivity index (χ1v) is 10.4. The SMILES string of the molecule is O=C(C[C@@H]1CC[C@H](NC(=O)c2cccnc2)[C@@H](CO)O1)NCc1ccc(Cl)c(Cl)c1. The summed E-state index contributed by atoms with van der Waals surface area (Å²) in [6.45, 7) is 0.0784. The first-order valence-electron chi connectivity index (χ1n) is 9.64. The van der Waals surface area contributed by atoms with Gasteiger partial charge in [-0.2, -0.15) is 0 Å². The Hall–Kier alpha value is -2.19. The van der Waals surface area contributed by atoms with Crippen molar-refractivity contribution in [3.8, 4) is 0 Å². The van der Waals surface area contributed by atoms with Crippen LogP contribution in [0.2, 0.25) is 10.0 Å². The Bertz CT molecular complexity index is 882. The molecule has 30 heavy (non-hydrogen) atoms. The summed E-state index contributed by atoms with van der Waals surface area (Å²) >= 11 is 11.9. The van der Waals surface area contributed by atoms with Crippen LogP contribution in [-0.2, 0) is 16.1 Å². The van der Waals surface area contributed by atoms with Gasteiger partial charge in [-0.05, 0) is 42.7 Å². The zero-order valence-corrected chi connectivity index (χ0v) is 17.7. The van der Waals surface area contributed by atoms with Gasteiger partial charge in [0.25, 0.3) is 5.91 Å². The second kappa shape index (κ2) is 10.7. The molecule has 0 saturated carbocycles. The second-order valence-corrected chi connectivity index (χ2v) is 7.92. The molecule has 0 spiro atoms. The number of carbonyl (C=O) groups is 2. The Morgan fingerprint density at radius 3 is 2.73 bits per heavy atom. The molecule has 0 bridgehead atoms. The van der Waals surface area contributed by atoms with E-state index in [1.807, 2.05) is 0 Å². The van der Waals surface area contributed by atoms with Crippen LogP contribution in [0.4, 0.5) is 0 Å². The fourth-order valence-corrected chi connectivity index (χ4v) is 3.65. The Morgan fingerprint density at radius 2 is 2.03 bits per heavy atom. The third-order valence-corrected chi connectivity index (χ3v) is 5.66. The molecular formula is C21H23Cl2N3O4. The average Bonchev–Trinajstić information content (AvgIpc) is 2.76. The van der Waals surface area contributed by atoms with E-state index >= 15 is 0 Å². The minimum atomic E-state index is -0.577. The van der Waals surface area contributed by atoms with Crippen LogP contribution in [0.15, 0.2) is 42.7 Å². The van der Waals surface area contributed by atoms with E-state index in [2.05, 4.69) is 15.6 Å². The van der Waals surface area contributed by atoms with Crippen molar-refractivity contribution in [1.82, 2.24) is 15.6 Å². The van der Waals surface area contributed by atoms with E-state index in [0.717, 1.165) is 5.56 Å². The fraction of sp³-hybridized carbons (Fsp3) is 0.381. The molecule has 0 aliphatic carbocycles. The number of ether oxygens (including phenoxy) is 1. The molecule has 1 aliphatic rings. The van der Waals surface area contributed by atoms with E-state index in [1.54, 1.807) is 36.5 Å². The van der Waals surface area contributed by atoms with Crippen molar-refractivity contribution in [2.75, 3.05) is 6.61 Å². The highest BCUT2D eigenvalue weighted by molar-refractivity contribution is 6.42. The van der Waals surface area contributed by atoms with Crippen LogP contribution in [0.5, 0.6) is 0 Å². The summed E-state index contributed by atoms with van der Waals surface area (Å²) < 4.78 is 5.86. The Balaban J connectivity index is 1.47. The second-order valence-electron chi connectivity index (χ2n) is 7.11. The van der Waals surface area contributed by atoms with Gasteiger partial charge in [-0.25, -0.2) is 0 Å². The molecule has 160 valence electrons. The molecule has 0 radical (unpaired) electrons. The molecule has 2 aromatic rings. The standard InChI is InChI=1S/C21H23Cl2N3O4/c22-16-5-3-13(8-17(16)23)10-25-20(28)9-15-4-6-18(19(12-27)30-15)26-21(29)14-2-1-7-24-11-14/h1-3,5,7-8,11,15,18-19,27H,4,6,9-10,12H2,(H,25,28)(H,26,29)/t15-,18-,19+/m0/s1. The highest BCUT2D eigenvalue weighted by atomic mass is 35.5. The summed E-state index contributed by atoms with van der Waals surface area (Å²) in [6, 6.07) is 8.20. The van der Waals surface area contributed by atoms with Crippen LogP contribution in [0.25, 0.3) is 0 Å². The number of nitrogens with one attached hydrogen (secondary N) is 2. The number of rotatable bonds is 7. The lowest BCUT2D eigenvalue weighted by Crippen LogP contribution is -2.51. The first kappa shape index (κ1) is 22.5. The quantitative estimate of drug-likeness (QED) is 0.600. The minimum absolute atomic E-state index is 0.166. The van der Waals surface area contributed by atoms with E-state index < -0.39 is 6.10 Å². The summed E-state index contributed by atoms with van der Waals surface area (Å²) in [4.78, 5) is 28.5. The van der Waals surface area contributed by atoms with E-state index in [1.165, 1.54) is 6.20 Å². The lowest BCUT2D eigenvalue weighted by atomic mass is 9.96. The van der Waals surface area contributed by atoms with E-state index in [9.17, 15) is 14.7 Å². The van der Waals surface area contributed by atoms with Gasteiger partial charge in [-0.15, -0.1) is 0 Å². The average molecular weight is 452 g/mol. The van der Waals surface area contributed by atoms with Gasteiger partial charge in [0.2, 0.25) is 5.91 Å². The molecule has 7 nitrogen and oxygen atoms in total. The van der Waals surface area contributed by atoms with Crippen molar-refractivity contribution in [2.24, 2.45) is 0 Å². The molecule has 1 aromatic carbocycles. The molecule has 2 amide bonds. The topological polar surface area (TPSA) is 101 Å². The molecule has 1 fully saturated rings. The molecule has 1 aromatic heterocycles. The highest BCUT2D eigenvalue weighted by Gasteiger charge is 2.33. The number of carbonyl (C=O) groups excluding carboxylic acids is 2. The third kappa shape index (κ3) is 6.15. The molecule has 1 aliphatic heterocycles. The number of halogens is 2. The molecule has 3 atom stereocenters. The minimum Gasteiger partial charge on any atom is -0.394 e. The van der Waals surface area contributed by atoms with Gasteiger partial charge in [-0.1, -0.05) is 29.3 Å². The maximum atomic E-state index is 12.3. The van der Waals surface area contributed by atoms with Crippen molar-refractivity contribution in [3.63, 3.8) is 0 Å². The Morgan fingerprint density at radius 1 is 1.20 bits per heavy atom. The van der Waals surface area contributed by atoms with E-state index in [0.29, 0.717) is 35.0 Å². The normalized spacial score (nSPS) is 21.1. The summed E-state index contributed by atoms with van der Waals surface area (Å²) in [6.07, 6.45) is 3.52. The number of hydrogen-bond donors (Lipinski definition) is 3. The van der Waals surface area contributed by atoms with Crippen molar-refractivity contribution >= 4 is 35.0 Å². The zero-order valence-electron chi connectivity index (χ0n) is 16.2. The lowest BCUT2D eigenvalue weighted by molar-refractivity contribution is -0.131. The fourth-order valence-electron chi connectivity index (χ4n) is 3.32. The summed E-state index contributed by atoms with van der Waals surface area (Å²) in [7, 11) is 0. The van der Waals surface area contributed by atoms with Gasteiger partial charge in [0, 0.05) is 18.9 Å². The van der Waals surface area contributed by atoms with Gasteiger partial charge in [0.05, 0.1) is 40.8 Å². The van der Waals surface area contributed by atoms with Crippen molar-refractivity contribution < 1.29 is 19.4 Å². The van der Waals surface area contributed by atoms with Crippen LogP contribution in [-0.4, -0.2) is 46.8 Å². The van der Waals surface area contributed by atoms with Crippen molar-refractivity contribution in [3.05, 3.63) is 63.9 Å². The van der Waals surface area contributed by atoms with Crippen LogP contribution < -0.4 is 10.6 Å². The highest BCUT2D eigenvalue weighted by Crippen LogP contribution is 2.24. The number of pyridine rings is 1. The number of aromatic nitrogens is 1. The number of nitrogens with zero attached hydrogens (tertiary/aromatic N) is 1. The zero-order chi connectivity index (χ0) is 21.5. The largest absolute Gasteiger partial charge is 0.394 e. The predicted octanol–water partition coefficient (Wildman–Crippen LogP) is 2.73. The van der Waals surface area contributed by atoms with Gasteiger partial charge in [-0.3, -0.25) is 14.6 Å². The first-order chi connectivity index (χ1) is 14.5. The monoisotopic (exact) mass is 451 g/mol. The molecule has 3 rings (SSSR count). The van der Waals surface area contributed by atoms with Gasteiger partial charge < -0.3 is 20.5 Å². The lowest BCUT2D eigenvalue weighted by Gasteiger charge is -2.36. The van der Waals surface area contributed by atoms with E-state index in [4.69, 9.17) is 27.9 Å². The maximum absolute atomic E-state index is 12.3. The number of hydrogen-bond acceptors (Lipinski definition) is 5. The molecule has 2 heterocycles. The molecular weight excluding hydrogens is 429 g/mol. The smallest absolute Gasteiger partial charge is 0.253 e. The molecule has 9 heteroatoms.